The van der Waals surface area contributed by atoms with Gasteiger partial charge >= 0.3 is 0 Å². The zero-order valence-electron chi connectivity index (χ0n) is 14.6. The van der Waals surface area contributed by atoms with Crippen molar-refractivity contribution in [3.63, 3.8) is 0 Å². The van der Waals surface area contributed by atoms with Crippen molar-refractivity contribution >= 4 is 17.4 Å². The summed E-state index contributed by atoms with van der Waals surface area (Å²) in [6, 6.07) is 33.1. The molecule has 0 saturated heterocycles. The number of ketones is 1. The third-order valence-electron chi connectivity index (χ3n) is 4.57. The van der Waals surface area contributed by atoms with Gasteiger partial charge < -0.3 is 0 Å². The molecule has 27 heavy (non-hydrogen) atoms. The van der Waals surface area contributed by atoms with E-state index >= 15 is 0 Å². The van der Waals surface area contributed by atoms with E-state index in [1.54, 1.807) is 24.3 Å². The molecule has 0 radical (unpaired) electrons. The smallest absolute Gasteiger partial charge is 0.194 e. The van der Waals surface area contributed by atoms with Crippen LogP contribution in [0.15, 0.2) is 103 Å². The zero-order chi connectivity index (χ0) is 18.6. The lowest BCUT2D eigenvalue weighted by Gasteiger charge is -2.15. The minimum Gasteiger partial charge on any atom is -0.289 e. The molecular formula is C25H17ClO. The molecule has 0 fully saturated rings. The third-order valence-corrected chi connectivity index (χ3v) is 4.82. The fraction of sp³-hybridized carbons (Fsp3) is 0. The SMILES string of the molecule is O=C(c1ccc(Cl)cc1)c1c(-c2ccccc2)cccc1-c1ccccc1. The number of benzene rings is 4. The molecule has 130 valence electrons. The quantitative estimate of drug-likeness (QED) is 0.358. The van der Waals surface area contributed by atoms with Crippen LogP contribution in [0, 0.1) is 0 Å². The first-order valence-electron chi connectivity index (χ1n) is 8.78. The van der Waals surface area contributed by atoms with Gasteiger partial charge in [-0.25, -0.2) is 0 Å². The Hall–Kier alpha value is -3.16. The molecule has 0 atom stereocenters. The monoisotopic (exact) mass is 368 g/mol. The maximum absolute atomic E-state index is 13.5. The summed E-state index contributed by atoms with van der Waals surface area (Å²) in [5.41, 5.74) is 5.23. The number of halogens is 1. The Labute approximate surface area is 163 Å². The summed E-state index contributed by atoms with van der Waals surface area (Å²) in [5.74, 6) is -0.00928. The Morgan fingerprint density at radius 1 is 0.556 bits per heavy atom. The van der Waals surface area contributed by atoms with Gasteiger partial charge in [0, 0.05) is 16.1 Å². The highest BCUT2D eigenvalue weighted by molar-refractivity contribution is 6.30. The predicted octanol–water partition coefficient (Wildman–Crippen LogP) is 6.91. The highest BCUT2D eigenvalue weighted by Crippen LogP contribution is 2.34. The Morgan fingerprint density at radius 3 is 1.52 bits per heavy atom. The van der Waals surface area contributed by atoms with Crippen molar-refractivity contribution in [1.82, 2.24) is 0 Å². The van der Waals surface area contributed by atoms with Crippen LogP contribution in [0.5, 0.6) is 0 Å². The molecule has 0 amide bonds. The number of rotatable bonds is 4. The van der Waals surface area contributed by atoms with Crippen LogP contribution >= 0.6 is 11.6 Å². The largest absolute Gasteiger partial charge is 0.289 e. The van der Waals surface area contributed by atoms with E-state index in [9.17, 15) is 4.79 Å². The number of hydrogen-bond acceptors (Lipinski definition) is 1. The van der Waals surface area contributed by atoms with Crippen LogP contribution in [0.25, 0.3) is 22.3 Å². The molecule has 0 unspecified atom stereocenters. The number of carbonyl (C=O) groups is 1. The lowest BCUT2D eigenvalue weighted by atomic mass is 9.87. The van der Waals surface area contributed by atoms with Crippen molar-refractivity contribution in [3.05, 3.63) is 119 Å². The lowest BCUT2D eigenvalue weighted by Crippen LogP contribution is -2.06. The molecule has 0 saturated carbocycles. The molecule has 0 heterocycles. The molecule has 0 aliphatic rings. The molecule has 4 aromatic rings. The average molecular weight is 369 g/mol. The standard InChI is InChI=1S/C25H17ClO/c26-21-16-14-20(15-17-21)25(27)24-22(18-8-3-1-4-9-18)12-7-13-23(24)19-10-5-2-6-11-19/h1-17H. The molecule has 2 heteroatoms. The van der Waals surface area contributed by atoms with E-state index in [2.05, 4.69) is 0 Å². The topological polar surface area (TPSA) is 17.1 Å². The van der Waals surface area contributed by atoms with Crippen LogP contribution in [0.3, 0.4) is 0 Å². The first-order valence-corrected chi connectivity index (χ1v) is 9.16. The zero-order valence-corrected chi connectivity index (χ0v) is 15.4. The van der Waals surface area contributed by atoms with Crippen LogP contribution in [0.4, 0.5) is 0 Å². The second-order valence-corrected chi connectivity index (χ2v) is 6.73. The Balaban J connectivity index is 1.96. The van der Waals surface area contributed by atoms with E-state index < -0.39 is 0 Å². The van der Waals surface area contributed by atoms with Crippen molar-refractivity contribution in [2.24, 2.45) is 0 Å². The van der Waals surface area contributed by atoms with Crippen LogP contribution in [-0.4, -0.2) is 5.78 Å². The summed E-state index contributed by atoms with van der Waals surface area (Å²) in [6.07, 6.45) is 0. The molecule has 0 N–H and O–H groups in total. The minimum absolute atomic E-state index is 0.00928. The number of hydrogen-bond donors (Lipinski definition) is 0. The number of carbonyl (C=O) groups excluding carboxylic acids is 1. The Bertz CT molecular complexity index is 1010. The van der Waals surface area contributed by atoms with E-state index in [-0.39, 0.29) is 5.78 Å². The van der Waals surface area contributed by atoms with Gasteiger partial charge in [-0.15, -0.1) is 0 Å². The lowest BCUT2D eigenvalue weighted by molar-refractivity contribution is 0.104. The van der Waals surface area contributed by atoms with Gasteiger partial charge in [0.05, 0.1) is 0 Å². The molecule has 1 nitrogen and oxygen atoms in total. The average Bonchev–Trinajstić information content (AvgIpc) is 2.74. The van der Waals surface area contributed by atoms with Crippen LogP contribution in [-0.2, 0) is 0 Å². The van der Waals surface area contributed by atoms with Gasteiger partial charge in [0.15, 0.2) is 5.78 Å². The summed E-state index contributed by atoms with van der Waals surface area (Å²) in [5, 5.41) is 0.617. The minimum atomic E-state index is -0.00928. The first-order chi connectivity index (χ1) is 13.2. The van der Waals surface area contributed by atoms with Gasteiger partial charge in [-0.2, -0.15) is 0 Å². The van der Waals surface area contributed by atoms with Crippen molar-refractivity contribution in [3.8, 4) is 22.3 Å². The maximum atomic E-state index is 13.5. The van der Waals surface area contributed by atoms with E-state index in [1.807, 2.05) is 78.9 Å². The van der Waals surface area contributed by atoms with Gasteiger partial charge in [-0.1, -0.05) is 90.5 Å². The van der Waals surface area contributed by atoms with Crippen LogP contribution in [0.2, 0.25) is 5.02 Å². The van der Waals surface area contributed by atoms with E-state index in [0.717, 1.165) is 22.3 Å². The predicted molar refractivity (Wildman–Crippen MR) is 112 cm³/mol. The van der Waals surface area contributed by atoms with Gasteiger partial charge in [0.1, 0.15) is 0 Å². The maximum Gasteiger partial charge on any atom is 0.194 e. The van der Waals surface area contributed by atoms with Crippen molar-refractivity contribution in [2.75, 3.05) is 0 Å². The van der Waals surface area contributed by atoms with E-state index in [1.165, 1.54) is 0 Å². The van der Waals surface area contributed by atoms with Gasteiger partial charge in [-0.3, -0.25) is 4.79 Å². The molecule has 4 rings (SSSR count). The Morgan fingerprint density at radius 2 is 1.04 bits per heavy atom. The van der Waals surface area contributed by atoms with Crippen molar-refractivity contribution in [2.45, 2.75) is 0 Å². The van der Waals surface area contributed by atoms with Crippen LogP contribution < -0.4 is 0 Å². The Kier molecular flexibility index (Phi) is 4.86. The van der Waals surface area contributed by atoms with Gasteiger partial charge in [0.2, 0.25) is 0 Å². The highest BCUT2D eigenvalue weighted by atomic mass is 35.5. The van der Waals surface area contributed by atoms with Crippen molar-refractivity contribution < 1.29 is 4.79 Å². The second-order valence-electron chi connectivity index (χ2n) is 6.30. The molecule has 0 aliphatic heterocycles. The third kappa shape index (κ3) is 3.55. The molecular weight excluding hydrogens is 352 g/mol. The normalized spacial score (nSPS) is 10.6. The molecule has 4 aromatic carbocycles. The molecule has 0 aromatic heterocycles. The van der Waals surface area contributed by atoms with Crippen LogP contribution in [0.1, 0.15) is 15.9 Å². The summed E-state index contributed by atoms with van der Waals surface area (Å²) >= 11 is 6.01. The van der Waals surface area contributed by atoms with Gasteiger partial charge in [0.25, 0.3) is 0 Å². The van der Waals surface area contributed by atoms with Gasteiger partial charge in [-0.05, 0) is 46.5 Å². The van der Waals surface area contributed by atoms with E-state index in [0.29, 0.717) is 16.1 Å². The summed E-state index contributed by atoms with van der Waals surface area (Å²) in [4.78, 5) is 13.5. The first kappa shape index (κ1) is 17.3. The van der Waals surface area contributed by atoms with Crippen molar-refractivity contribution in [1.29, 1.82) is 0 Å². The molecule has 0 spiro atoms. The summed E-state index contributed by atoms with van der Waals surface area (Å²) in [6.45, 7) is 0. The van der Waals surface area contributed by atoms with E-state index in [4.69, 9.17) is 11.6 Å². The fourth-order valence-electron chi connectivity index (χ4n) is 3.26. The molecule has 0 aliphatic carbocycles. The second kappa shape index (κ2) is 7.61. The molecule has 0 bridgehead atoms. The summed E-state index contributed by atoms with van der Waals surface area (Å²) < 4.78 is 0. The summed E-state index contributed by atoms with van der Waals surface area (Å²) in [7, 11) is 0. The highest BCUT2D eigenvalue weighted by Gasteiger charge is 2.19. The fourth-order valence-corrected chi connectivity index (χ4v) is 3.39.